The lowest BCUT2D eigenvalue weighted by Gasteiger charge is -1.99. The van der Waals surface area contributed by atoms with Crippen molar-refractivity contribution in [1.82, 2.24) is 0 Å². The summed E-state index contributed by atoms with van der Waals surface area (Å²) in [6.45, 7) is 0. The van der Waals surface area contributed by atoms with Crippen LogP contribution < -0.4 is 5.73 Å². The average molecular weight is 291 g/mol. The lowest BCUT2D eigenvalue weighted by atomic mass is 10.2. The molecule has 0 spiro atoms. The number of benzene rings is 2. The number of halogens is 2. The molecule has 0 saturated carbocycles. The van der Waals surface area contributed by atoms with Gasteiger partial charge in [0, 0.05) is 21.8 Å². The van der Waals surface area contributed by atoms with Gasteiger partial charge in [0.1, 0.15) is 5.84 Å². The lowest BCUT2D eigenvalue weighted by molar-refractivity contribution is 1.47. The molecule has 0 unspecified atom stereocenters. The van der Waals surface area contributed by atoms with Crippen LogP contribution in [0, 0.1) is 0 Å². The van der Waals surface area contributed by atoms with Crippen molar-refractivity contribution >= 4 is 35.1 Å². The Kier molecular flexibility index (Phi) is 4.61. The van der Waals surface area contributed by atoms with E-state index in [0.717, 1.165) is 11.1 Å². The Balaban J connectivity index is 2.17. The van der Waals surface area contributed by atoms with E-state index in [4.69, 9.17) is 28.9 Å². The Morgan fingerprint density at radius 1 is 1.05 bits per heavy atom. The van der Waals surface area contributed by atoms with Crippen molar-refractivity contribution < 1.29 is 0 Å². The Hall–Kier alpha value is -1.77. The van der Waals surface area contributed by atoms with Crippen LogP contribution in [0.25, 0.3) is 6.08 Å². The molecule has 0 atom stereocenters. The molecule has 2 aromatic rings. The van der Waals surface area contributed by atoms with Crippen LogP contribution in [0.3, 0.4) is 0 Å². The Labute approximate surface area is 122 Å². The Morgan fingerprint density at radius 2 is 1.79 bits per heavy atom. The highest BCUT2D eigenvalue weighted by molar-refractivity contribution is 6.34. The Morgan fingerprint density at radius 3 is 2.53 bits per heavy atom. The molecule has 0 aromatic heterocycles. The van der Waals surface area contributed by atoms with Gasteiger partial charge in [0.05, 0.1) is 0 Å². The van der Waals surface area contributed by atoms with E-state index >= 15 is 0 Å². The number of amidine groups is 1. The monoisotopic (exact) mass is 290 g/mol. The molecule has 96 valence electrons. The zero-order valence-corrected chi connectivity index (χ0v) is 11.6. The summed E-state index contributed by atoms with van der Waals surface area (Å²) in [6.07, 6.45) is 3.38. The van der Waals surface area contributed by atoms with Crippen LogP contribution in [-0.4, -0.2) is 5.84 Å². The van der Waals surface area contributed by atoms with Crippen molar-refractivity contribution in [3.63, 3.8) is 0 Å². The zero-order valence-electron chi connectivity index (χ0n) is 10.1. The first kappa shape index (κ1) is 13.7. The maximum absolute atomic E-state index is 6.04. The molecule has 2 aromatic carbocycles. The van der Waals surface area contributed by atoms with E-state index in [1.54, 1.807) is 30.5 Å². The number of nitrogens with two attached hydrogens (primary N) is 1. The van der Waals surface area contributed by atoms with Gasteiger partial charge in [-0.2, -0.15) is 0 Å². The highest BCUT2D eigenvalue weighted by atomic mass is 35.5. The molecule has 0 heterocycles. The normalized spacial score (nSPS) is 12.0. The number of hydrogen-bond acceptors (Lipinski definition) is 1. The van der Waals surface area contributed by atoms with E-state index < -0.39 is 0 Å². The second kappa shape index (κ2) is 6.41. The van der Waals surface area contributed by atoms with Gasteiger partial charge in [-0.15, -0.1) is 0 Å². The third kappa shape index (κ3) is 3.85. The minimum absolute atomic E-state index is 0.454. The quantitative estimate of drug-likeness (QED) is 0.662. The number of rotatable bonds is 3. The molecule has 2 rings (SSSR count). The second-order valence-corrected chi connectivity index (χ2v) is 4.71. The molecule has 2 N–H and O–H groups in total. The van der Waals surface area contributed by atoms with Crippen LogP contribution in [-0.2, 0) is 0 Å². The van der Waals surface area contributed by atoms with Gasteiger partial charge in [0.2, 0.25) is 0 Å². The van der Waals surface area contributed by atoms with Gasteiger partial charge in [-0.05, 0) is 29.8 Å². The van der Waals surface area contributed by atoms with Gasteiger partial charge in [-0.3, -0.25) is 0 Å². The van der Waals surface area contributed by atoms with E-state index in [-0.39, 0.29) is 0 Å². The van der Waals surface area contributed by atoms with Crippen LogP contribution in [0.15, 0.2) is 59.7 Å². The van der Waals surface area contributed by atoms with E-state index in [2.05, 4.69) is 4.99 Å². The van der Waals surface area contributed by atoms with E-state index in [0.29, 0.717) is 15.9 Å². The van der Waals surface area contributed by atoms with Gasteiger partial charge in [0.25, 0.3) is 0 Å². The van der Waals surface area contributed by atoms with Crippen molar-refractivity contribution in [3.8, 4) is 0 Å². The average Bonchev–Trinajstić information content (AvgIpc) is 2.43. The highest BCUT2D eigenvalue weighted by Crippen LogP contribution is 2.21. The Bertz CT molecular complexity index is 619. The van der Waals surface area contributed by atoms with E-state index in [1.807, 2.05) is 30.3 Å². The molecule has 2 nitrogen and oxygen atoms in total. The standard InChI is InChI=1S/C15H12Cl2N2/c16-13-6-7-14(17)12(10-13)8-9-19-15(18)11-4-2-1-3-5-11/h1-10H,(H2,18,19)/b9-8+. The minimum atomic E-state index is 0.454. The fraction of sp³-hybridized carbons (Fsp3) is 0. The predicted octanol–water partition coefficient (Wildman–Crippen LogP) is 4.37. The molecule has 0 saturated heterocycles. The largest absolute Gasteiger partial charge is 0.383 e. The second-order valence-electron chi connectivity index (χ2n) is 3.86. The first-order valence-corrected chi connectivity index (χ1v) is 6.43. The van der Waals surface area contributed by atoms with Crippen LogP contribution >= 0.6 is 23.2 Å². The molecule has 0 aliphatic heterocycles. The summed E-state index contributed by atoms with van der Waals surface area (Å²) in [4.78, 5) is 4.17. The van der Waals surface area contributed by atoms with Crippen molar-refractivity contribution in [1.29, 1.82) is 0 Å². The first-order valence-electron chi connectivity index (χ1n) is 5.67. The summed E-state index contributed by atoms with van der Waals surface area (Å²) in [5, 5.41) is 1.25. The van der Waals surface area contributed by atoms with Crippen LogP contribution in [0.1, 0.15) is 11.1 Å². The van der Waals surface area contributed by atoms with Crippen LogP contribution in [0.5, 0.6) is 0 Å². The van der Waals surface area contributed by atoms with Crippen LogP contribution in [0.4, 0.5) is 0 Å². The predicted molar refractivity (Wildman–Crippen MR) is 82.7 cm³/mol. The van der Waals surface area contributed by atoms with Gasteiger partial charge in [-0.1, -0.05) is 53.5 Å². The molecule has 0 aliphatic rings. The van der Waals surface area contributed by atoms with Gasteiger partial charge >= 0.3 is 0 Å². The fourth-order valence-corrected chi connectivity index (χ4v) is 1.88. The van der Waals surface area contributed by atoms with Crippen LogP contribution in [0.2, 0.25) is 10.0 Å². The fourth-order valence-electron chi connectivity index (χ4n) is 1.52. The molecule has 0 amide bonds. The van der Waals surface area contributed by atoms with Gasteiger partial charge < -0.3 is 5.73 Å². The number of aliphatic imine (C=N–C) groups is 1. The van der Waals surface area contributed by atoms with Gasteiger partial charge in [0.15, 0.2) is 0 Å². The molecular weight excluding hydrogens is 279 g/mol. The summed E-state index contributed by atoms with van der Waals surface area (Å²) in [7, 11) is 0. The summed E-state index contributed by atoms with van der Waals surface area (Å²) < 4.78 is 0. The van der Waals surface area contributed by atoms with Crippen molar-refractivity contribution in [2.75, 3.05) is 0 Å². The zero-order chi connectivity index (χ0) is 13.7. The highest BCUT2D eigenvalue weighted by Gasteiger charge is 1.97. The summed E-state index contributed by atoms with van der Waals surface area (Å²) in [6, 6.07) is 14.8. The van der Waals surface area contributed by atoms with Gasteiger partial charge in [-0.25, -0.2) is 4.99 Å². The number of hydrogen-bond donors (Lipinski definition) is 1. The summed E-state index contributed by atoms with van der Waals surface area (Å²) in [5.41, 5.74) is 7.55. The maximum atomic E-state index is 6.04. The molecule has 0 aliphatic carbocycles. The number of nitrogens with zero attached hydrogens (tertiary/aromatic N) is 1. The topological polar surface area (TPSA) is 38.4 Å². The van der Waals surface area contributed by atoms with E-state index in [9.17, 15) is 0 Å². The maximum Gasteiger partial charge on any atom is 0.130 e. The molecule has 4 heteroatoms. The summed E-state index contributed by atoms with van der Waals surface area (Å²) in [5.74, 6) is 0.454. The minimum Gasteiger partial charge on any atom is -0.383 e. The molecule has 0 radical (unpaired) electrons. The van der Waals surface area contributed by atoms with Crippen molar-refractivity contribution in [3.05, 3.63) is 75.9 Å². The third-order valence-electron chi connectivity index (χ3n) is 2.50. The summed E-state index contributed by atoms with van der Waals surface area (Å²) >= 11 is 11.9. The lowest BCUT2D eigenvalue weighted by Crippen LogP contribution is -2.12. The van der Waals surface area contributed by atoms with Crippen molar-refractivity contribution in [2.24, 2.45) is 10.7 Å². The molecule has 0 fully saturated rings. The molecule has 0 bridgehead atoms. The molecule has 19 heavy (non-hydrogen) atoms. The third-order valence-corrected chi connectivity index (χ3v) is 3.07. The SMILES string of the molecule is NC(=N/C=C/c1cc(Cl)ccc1Cl)c1ccccc1. The smallest absolute Gasteiger partial charge is 0.130 e. The molecular formula is C15H12Cl2N2. The van der Waals surface area contributed by atoms with Crippen molar-refractivity contribution in [2.45, 2.75) is 0 Å². The van der Waals surface area contributed by atoms with E-state index in [1.165, 1.54) is 0 Å². The first-order chi connectivity index (χ1) is 9.16.